The molecule has 0 atom stereocenters. The molecule has 0 bridgehead atoms. The van der Waals surface area contributed by atoms with E-state index in [0.29, 0.717) is 29.5 Å². The van der Waals surface area contributed by atoms with E-state index in [1.807, 2.05) is 18.2 Å². The average molecular weight is 324 g/mol. The van der Waals surface area contributed by atoms with Crippen molar-refractivity contribution in [3.8, 4) is 11.5 Å². The van der Waals surface area contributed by atoms with Crippen molar-refractivity contribution < 1.29 is 14.3 Å². The molecule has 0 spiro atoms. The summed E-state index contributed by atoms with van der Waals surface area (Å²) in [5, 5.41) is 7.16. The number of amides is 1. The first-order valence-corrected chi connectivity index (χ1v) is 7.11. The molecule has 0 unspecified atom stereocenters. The summed E-state index contributed by atoms with van der Waals surface area (Å²) in [4.78, 5) is 12.0. The summed E-state index contributed by atoms with van der Waals surface area (Å²) >= 11 is 5.93. The van der Waals surface area contributed by atoms with E-state index in [1.54, 1.807) is 27.5 Å². The van der Waals surface area contributed by atoms with Crippen molar-refractivity contribution in [1.29, 1.82) is 0 Å². The Morgan fingerprint density at radius 3 is 2.64 bits per heavy atom. The Bertz CT molecular complexity index is 670. The van der Waals surface area contributed by atoms with Crippen molar-refractivity contribution in [2.24, 2.45) is 7.05 Å². The lowest BCUT2D eigenvalue weighted by atomic mass is 10.1. The molecule has 6 nitrogen and oxygen atoms in total. The molecular formula is C15H18ClN3O3. The van der Waals surface area contributed by atoms with Crippen LogP contribution in [0, 0.1) is 0 Å². The second-order valence-electron chi connectivity index (χ2n) is 4.69. The number of aromatic nitrogens is 2. The summed E-state index contributed by atoms with van der Waals surface area (Å²) in [5.74, 6) is 1.06. The Balaban J connectivity index is 1.93. The van der Waals surface area contributed by atoms with Crippen molar-refractivity contribution in [2.45, 2.75) is 6.42 Å². The molecule has 1 aromatic carbocycles. The van der Waals surface area contributed by atoms with E-state index in [0.717, 1.165) is 5.56 Å². The number of hydrogen-bond acceptors (Lipinski definition) is 4. The summed E-state index contributed by atoms with van der Waals surface area (Å²) in [6.07, 6.45) is 2.25. The number of carbonyl (C=O) groups excluding carboxylic acids is 1. The van der Waals surface area contributed by atoms with Gasteiger partial charge in [0, 0.05) is 19.8 Å². The molecule has 1 N–H and O–H groups in total. The van der Waals surface area contributed by atoms with Crippen LogP contribution in [0.25, 0.3) is 0 Å². The van der Waals surface area contributed by atoms with E-state index < -0.39 is 0 Å². The van der Waals surface area contributed by atoms with Crippen molar-refractivity contribution in [3.05, 3.63) is 40.7 Å². The van der Waals surface area contributed by atoms with Gasteiger partial charge in [0.15, 0.2) is 17.2 Å². The number of nitrogens with zero attached hydrogens (tertiary/aromatic N) is 2. The van der Waals surface area contributed by atoms with Gasteiger partial charge in [0.25, 0.3) is 5.91 Å². The minimum atomic E-state index is -0.286. The summed E-state index contributed by atoms with van der Waals surface area (Å²) in [5.41, 5.74) is 1.27. The molecular weight excluding hydrogens is 306 g/mol. The molecule has 0 fully saturated rings. The maximum Gasteiger partial charge on any atom is 0.273 e. The van der Waals surface area contributed by atoms with Crippen LogP contribution in [-0.2, 0) is 13.5 Å². The minimum Gasteiger partial charge on any atom is -0.493 e. The van der Waals surface area contributed by atoms with E-state index in [9.17, 15) is 4.79 Å². The van der Waals surface area contributed by atoms with Gasteiger partial charge in [-0.15, -0.1) is 0 Å². The molecule has 1 heterocycles. The second-order valence-corrected chi connectivity index (χ2v) is 5.10. The highest BCUT2D eigenvalue weighted by molar-refractivity contribution is 6.33. The monoisotopic (exact) mass is 323 g/mol. The van der Waals surface area contributed by atoms with Gasteiger partial charge in [-0.25, -0.2) is 0 Å². The number of halogens is 1. The van der Waals surface area contributed by atoms with Crippen molar-refractivity contribution in [1.82, 2.24) is 15.1 Å². The average Bonchev–Trinajstić information content (AvgIpc) is 2.85. The van der Waals surface area contributed by atoms with Crippen LogP contribution >= 0.6 is 11.6 Å². The maximum atomic E-state index is 12.0. The molecule has 118 valence electrons. The topological polar surface area (TPSA) is 65.4 Å². The summed E-state index contributed by atoms with van der Waals surface area (Å²) in [6.45, 7) is 0.473. The third-order valence-corrected chi connectivity index (χ3v) is 3.42. The van der Waals surface area contributed by atoms with Gasteiger partial charge in [-0.3, -0.25) is 9.48 Å². The van der Waals surface area contributed by atoms with Crippen LogP contribution < -0.4 is 14.8 Å². The van der Waals surface area contributed by atoms with Gasteiger partial charge >= 0.3 is 0 Å². The van der Waals surface area contributed by atoms with Gasteiger partial charge < -0.3 is 14.8 Å². The van der Waals surface area contributed by atoms with Gasteiger partial charge in [-0.1, -0.05) is 17.7 Å². The first kappa shape index (κ1) is 16.2. The summed E-state index contributed by atoms with van der Waals surface area (Å²) in [6, 6.07) is 5.66. The zero-order valence-corrected chi connectivity index (χ0v) is 13.5. The number of carbonyl (C=O) groups is 1. The number of methoxy groups -OCH3 is 2. The third kappa shape index (κ3) is 3.71. The molecule has 1 amide bonds. The molecule has 0 aliphatic heterocycles. The Kier molecular flexibility index (Phi) is 5.27. The normalized spacial score (nSPS) is 10.4. The van der Waals surface area contributed by atoms with Crippen LogP contribution in [0.1, 0.15) is 16.1 Å². The van der Waals surface area contributed by atoms with E-state index in [-0.39, 0.29) is 11.6 Å². The molecule has 7 heteroatoms. The number of aryl methyl sites for hydroxylation is 1. The molecule has 2 aromatic rings. The highest BCUT2D eigenvalue weighted by atomic mass is 35.5. The largest absolute Gasteiger partial charge is 0.493 e. The number of benzene rings is 1. The Labute approximate surface area is 134 Å². The maximum absolute atomic E-state index is 12.0. The summed E-state index contributed by atoms with van der Waals surface area (Å²) in [7, 11) is 4.90. The highest BCUT2D eigenvalue weighted by Crippen LogP contribution is 2.27. The Morgan fingerprint density at radius 1 is 1.32 bits per heavy atom. The molecule has 1 aromatic heterocycles. The zero-order chi connectivity index (χ0) is 16.1. The van der Waals surface area contributed by atoms with Crippen molar-refractivity contribution in [3.63, 3.8) is 0 Å². The number of ether oxygens (including phenoxy) is 2. The standard InChI is InChI=1S/C15H18ClN3O3/c1-19-9-11(16)14(18-19)15(20)17-7-6-10-4-5-12(21-2)13(8-10)22-3/h4-5,8-9H,6-7H2,1-3H3,(H,17,20). The molecule has 0 aliphatic carbocycles. The van der Waals surface area contributed by atoms with E-state index in [4.69, 9.17) is 21.1 Å². The molecule has 0 saturated heterocycles. The molecule has 0 radical (unpaired) electrons. The number of rotatable bonds is 6. The van der Waals surface area contributed by atoms with Crippen LogP contribution in [-0.4, -0.2) is 36.5 Å². The Hall–Kier alpha value is -2.21. The molecule has 22 heavy (non-hydrogen) atoms. The predicted molar refractivity (Wildman–Crippen MR) is 83.8 cm³/mol. The molecule has 0 aliphatic rings. The van der Waals surface area contributed by atoms with Crippen LogP contribution in [0.3, 0.4) is 0 Å². The first-order valence-electron chi connectivity index (χ1n) is 6.73. The van der Waals surface area contributed by atoms with Crippen LogP contribution in [0.2, 0.25) is 5.02 Å². The third-order valence-electron chi connectivity index (χ3n) is 3.15. The Morgan fingerprint density at radius 2 is 2.05 bits per heavy atom. The van der Waals surface area contributed by atoms with Crippen molar-refractivity contribution in [2.75, 3.05) is 20.8 Å². The predicted octanol–water partition coefficient (Wildman–Crippen LogP) is 2.06. The van der Waals surface area contributed by atoms with Gasteiger partial charge in [-0.2, -0.15) is 5.10 Å². The molecule has 2 rings (SSSR count). The second kappa shape index (κ2) is 7.17. The fourth-order valence-corrected chi connectivity index (χ4v) is 2.32. The van der Waals surface area contributed by atoms with Gasteiger partial charge in [0.1, 0.15) is 0 Å². The summed E-state index contributed by atoms with van der Waals surface area (Å²) < 4.78 is 11.9. The quantitative estimate of drug-likeness (QED) is 0.883. The minimum absolute atomic E-state index is 0.233. The van der Waals surface area contributed by atoms with Crippen LogP contribution in [0.4, 0.5) is 0 Å². The lowest BCUT2D eigenvalue weighted by Crippen LogP contribution is -2.26. The lowest BCUT2D eigenvalue weighted by Gasteiger charge is -2.10. The van der Waals surface area contributed by atoms with Gasteiger partial charge in [0.2, 0.25) is 0 Å². The van der Waals surface area contributed by atoms with E-state index >= 15 is 0 Å². The first-order chi connectivity index (χ1) is 10.5. The van der Waals surface area contributed by atoms with E-state index in [1.165, 1.54) is 4.68 Å². The highest BCUT2D eigenvalue weighted by Gasteiger charge is 2.14. The van der Waals surface area contributed by atoms with Crippen molar-refractivity contribution >= 4 is 17.5 Å². The van der Waals surface area contributed by atoms with E-state index in [2.05, 4.69) is 10.4 Å². The fraction of sp³-hybridized carbons (Fsp3) is 0.333. The van der Waals surface area contributed by atoms with Gasteiger partial charge in [0.05, 0.1) is 19.2 Å². The van der Waals surface area contributed by atoms with Crippen LogP contribution in [0.5, 0.6) is 11.5 Å². The smallest absolute Gasteiger partial charge is 0.273 e. The number of nitrogens with one attached hydrogen (secondary N) is 1. The SMILES string of the molecule is COc1ccc(CCNC(=O)c2nn(C)cc2Cl)cc1OC. The zero-order valence-electron chi connectivity index (χ0n) is 12.7. The van der Waals surface area contributed by atoms with Crippen LogP contribution in [0.15, 0.2) is 24.4 Å². The number of hydrogen-bond donors (Lipinski definition) is 1. The van der Waals surface area contributed by atoms with Gasteiger partial charge in [-0.05, 0) is 24.1 Å². The lowest BCUT2D eigenvalue weighted by molar-refractivity contribution is 0.0948. The molecule has 0 saturated carbocycles. The fourth-order valence-electron chi connectivity index (χ4n) is 2.05.